The molecule has 0 amide bonds. The van der Waals surface area contributed by atoms with Gasteiger partial charge in [-0.3, -0.25) is 0 Å². The molecular formula is H9IrN2P+3. The Morgan fingerprint density at radius 3 is 0.750 bits per heavy atom. The minimum absolute atomic E-state index is 0. The Hall–Kier alpha value is 0.999. The van der Waals surface area contributed by atoms with Crippen LogP contribution in [-0.2, 0) is 20.1 Å². The van der Waals surface area contributed by atoms with Gasteiger partial charge in [-0.05, 0) is 0 Å². The van der Waals surface area contributed by atoms with E-state index in [1.807, 2.05) is 0 Å². The predicted octanol–water partition coefficient (Wildman–Crippen LogP) is 0.380. The van der Waals surface area contributed by atoms with Gasteiger partial charge in [-0.25, -0.2) is 0 Å². The summed E-state index contributed by atoms with van der Waals surface area (Å²) < 4.78 is 0. The van der Waals surface area contributed by atoms with Gasteiger partial charge in [-0.15, -0.1) is 0 Å². The van der Waals surface area contributed by atoms with Crippen LogP contribution >= 0.6 is 9.90 Å². The van der Waals surface area contributed by atoms with Crippen molar-refractivity contribution in [2.24, 2.45) is 0 Å². The molecule has 0 spiro atoms. The molecule has 0 aliphatic rings. The fraction of sp³-hybridized carbons (Fsp3) is 0. The van der Waals surface area contributed by atoms with Gasteiger partial charge >= 0.3 is 20.1 Å². The van der Waals surface area contributed by atoms with E-state index in [1.54, 1.807) is 0 Å². The molecule has 0 aromatic carbocycles. The SMILES string of the molecule is N.N.P.[Ir+3]. The molecule has 0 radical (unpaired) electrons. The topological polar surface area (TPSA) is 70.0 Å². The first-order chi connectivity index (χ1) is 0. The van der Waals surface area contributed by atoms with Gasteiger partial charge in [-0.2, -0.15) is 9.90 Å². The molecule has 4 heavy (non-hydrogen) atoms. The van der Waals surface area contributed by atoms with Gasteiger partial charge in [0.05, 0.1) is 0 Å². The third-order valence-electron chi connectivity index (χ3n) is 0. The molecule has 1 unspecified atom stereocenters. The van der Waals surface area contributed by atoms with Gasteiger partial charge in [0, 0.05) is 0 Å². The molecule has 0 aliphatic carbocycles. The molecule has 6 N–H and O–H groups in total. The zero-order valence-electron chi connectivity index (χ0n) is 2.45. The zero-order valence-corrected chi connectivity index (χ0v) is 6.26. The van der Waals surface area contributed by atoms with Crippen molar-refractivity contribution >= 4 is 9.90 Å². The van der Waals surface area contributed by atoms with Crippen LogP contribution in [0.25, 0.3) is 0 Å². The maximum absolute atomic E-state index is 0. The molecule has 2 nitrogen and oxygen atoms in total. The van der Waals surface area contributed by atoms with Gasteiger partial charge in [0.1, 0.15) is 0 Å². The molecule has 0 heterocycles. The summed E-state index contributed by atoms with van der Waals surface area (Å²) in [5, 5.41) is 0. The second-order valence-corrected chi connectivity index (χ2v) is 0. The van der Waals surface area contributed by atoms with E-state index in [9.17, 15) is 0 Å². The molecule has 0 aromatic rings. The number of hydrogen-bond acceptors (Lipinski definition) is 2. The van der Waals surface area contributed by atoms with E-state index in [0.717, 1.165) is 0 Å². The first-order valence-corrected chi connectivity index (χ1v) is 0. The average Bonchev–Trinajstić information content (AvgIpc) is 0. The molecule has 0 rings (SSSR count). The molecular weight excluding hydrogens is 251 g/mol. The quantitative estimate of drug-likeness (QED) is 0.618. The largest absolute Gasteiger partial charge is 3.00 e. The first-order valence-electron chi connectivity index (χ1n) is 0. The summed E-state index contributed by atoms with van der Waals surface area (Å²) in [6, 6.07) is 0. The predicted molar refractivity (Wildman–Crippen MR) is 21.1 cm³/mol. The van der Waals surface area contributed by atoms with Gasteiger partial charge in [0.15, 0.2) is 0 Å². The second-order valence-electron chi connectivity index (χ2n) is 0. The normalized spacial score (nSPS) is 0. The summed E-state index contributed by atoms with van der Waals surface area (Å²) in [5.74, 6) is 0. The van der Waals surface area contributed by atoms with E-state index in [2.05, 4.69) is 0 Å². The molecule has 4 heteroatoms. The Morgan fingerprint density at radius 2 is 0.750 bits per heavy atom. The van der Waals surface area contributed by atoms with Crippen LogP contribution in [0.15, 0.2) is 0 Å². The summed E-state index contributed by atoms with van der Waals surface area (Å²) >= 11 is 0. The van der Waals surface area contributed by atoms with Crippen molar-refractivity contribution in [1.29, 1.82) is 0 Å². The van der Waals surface area contributed by atoms with Crippen molar-refractivity contribution in [3.05, 3.63) is 0 Å². The Bertz CT molecular complexity index is 6.00. The average molecular weight is 260 g/mol. The Morgan fingerprint density at radius 1 is 0.750 bits per heavy atom. The second kappa shape index (κ2) is 36.0. The van der Waals surface area contributed by atoms with Crippen LogP contribution in [0.2, 0.25) is 0 Å². The maximum atomic E-state index is 0. The summed E-state index contributed by atoms with van der Waals surface area (Å²) in [7, 11) is 0. The molecule has 0 saturated heterocycles. The van der Waals surface area contributed by atoms with Crippen LogP contribution in [0.1, 0.15) is 0 Å². The molecule has 0 saturated carbocycles. The Kier molecular flexibility index (Phi) is 721. The monoisotopic (exact) mass is 261 g/mol. The third kappa shape index (κ3) is 12.0. The Balaban J connectivity index is 0. The summed E-state index contributed by atoms with van der Waals surface area (Å²) in [6.45, 7) is 0. The van der Waals surface area contributed by atoms with Gasteiger partial charge in [0.25, 0.3) is 0 Å². The van der Waals surface area contributed by atoms with E-state index < -0.39 is 0 Å². The van der Waals surface area contributed by atoms with Crippen LogP contribution in [0.3, 0.4) is 0 Å². The molecule has 0 aromatic heterocycles. The van der Waals surface area contributed by atoms with Crippen molar-refractivity contribution in [2.45, 2.75) is 0 Å². The summed E-state index contributed by atoms with van der Waals surface area (Å²) in [5.41, 5.74) is 0. The molecule has 1 atom stereocenters. The van der Waals surface area contributed by atoms with Crippen molar-refractivity contribution in [2.75, 3.05) is 0 Å². The van der Waals surface area contributed by atoms with Crippen LogP contribution < -0.4 is 12.3 Å². The molecule has 0 aliphatic heterocycles. The number of rotatable bonds is 0. The molecule has 0 fully saturated rings. The summed E-state index contributed by atoms with van der Waals surface area (Å²) in [6.07, 6.45) is 0. The van der Waals surface area contributed by atoms with Gasteiger partial charge in [-0.1, -0.05) is 0 Å². The van der Waals surface area contributed by atoms with Crippen LogP contribution in [-0.4, -0.2) is 0 Å². The zero-order chi connectivity index (χ0) is 0. The van der Waals surface area contributed by atoms with Crippen molar-refractivity contribution in [1.82, 2.24) is 12.3 Å². The van der Waals surface area contributed by atoms with Crippen LogP contribution in [0.5, 0.6) is 0 Å². The molecule has 30 valence electrons. The first kappa shape index (κ1) is 80.1. The van der Waals surface area contributed by atoms with E-state index in [-0.39, 0.29) is 42.3 Å². The van der Waals surface area contributed by atoms with Gasteiger partial charge < -0.3 is 12.3 Å². The van der Waals surface area contributed by atoms with E-state index in [1.165, 1.54) is 0 Å². The van der Waals surface area contributed by atoms with Crippen LogP contribution in [0.4, 0.5) is 0 Å². The standard InChI is InChI=1S/Ir.2H3N.H3P/h;3*1H3/q+3;;;. The van der Waals surface area contributed by atoms with Crippen LogP contribution in [0, 0.1) is 0 Å². The fourth-order valence-electron chi connectivity index (χ4n) is 0. The smallest absolute Gasteiger partial charge is 0.344 e. The minimum Gasteiger partial charge on any atom is -0.344 e. The number of hydrogen-bond donors (Lipinski definition) is 2. The van der Waals surface area contributed by atoms with Crippen molar-refractivity contribution in [3.8, 4) is 0 Å². The summed E-state index contributed by atoms with van der Waals surface area (Å²) in [4.78, 5) is 0. The minimum atomic E-state index is 0. The Labute approximate surface area is 42.9 Å². The van der Waals surface area contributed by atoms with E-state index >= 15 is 0 Å². The fourth-order valence-corrected chi connectivity index (χ4v) is 0. The van der Waals surface area contributed by atoms with E-state index in [0.29, 0.717) is 0 Å². The third-order valence-corrected chi connectivity index (χ3v) is 0. The molecule has 0 bridgehead atoms. The van der Waals surface area contributed by atoms with Gasteiger partial charge in [0.2, 0.25) is 0 Å². The van der Waals surface area contributed by atoms with E-state index in [4.69, 9.17) is 0 Å². The van der Waals surface area contributed by atoms with Crippen molar-refractivity contribution < 1.29 is 20.1 Å². The van der Waals surface area contributed by atoms with Crippen molar-refractivity contribution in [3.63, 3.8) is 0 Å². The maximum Gasteiger partial charge on any atom is 3.00 e.